The van der Waals surface area contributed by atoms with Crippen molar-refractivity contribution in [1.82, 2.24) is 14.7 Å². The molecule has 2 saturated heterocycles. The highest BCUT2D eigenvalue weighted by molar-refractivity contribution is 8.00. The van der Waals surface area contributed by atoms with Gasteiger partial charge in [0.2, 0.25) is 17.7 Å². The van der Waals surface area contributed by atoms with Crippen LogP contribution in [0.5, 0.6) is 0 Å². The minimum absolute atomic E-state index is 0.0326. The molecule has 2 heterocycles. The molecule has 2 fully saturated rings. The molecule has 2 aliphatic heterocycles. The van der Waals surface area contributed by atoms with E-state index >= 15 is 0 Å². The van der Waals surface area contributed by atoms with Crippen LogP contribution in [-0.4, -0.2) is 90.2 Å². The summed E-state index contributed by atoms with van der Waals surface area (Å²) < 4.78 is 0. The number of nitrogens with zero attached hydrogens (tertiary/aromatic N) is 3. The smallest absolute Gasteiger partial charge is 0.234 e. The molecule has 8 heteroatoms. The first-order chi connectivity index (χ1) is 14.4. The Hall–Kier alpha value is -2.06. The lowest BCUT2D eigenvalue weighted by atomic mass is 9.95. The Balaban J connectivity index is 1.34. The van der Waals surface area contributed by atoms with Gasteiger partial charge in [0.05, 0.1) is 11.5 Å². The Labute approximate surface area is 183 Å². The summed E-state index contributed by atoms with van der Waals surface area (Å²) >= 11 is 1.33. The maximum absolute atomic E-state index is 12.7. The fourth-order valence-corrected chi connectivity index (χ4v) is 4.62. The maximum atomic E-state index is 12.7. The number of nitrogens with one attached hydrogen (secondary N) is 1. The van der Waals surface area contributed by atoms with Crippen molar-refractivity contribution < 1.29 is 14.4 Å². The lowest BCUT2D eigenvalue weighted by molar-refractivity contribution is -0.141. The third-order valence-electron chi connectivity index (χ3n) is 5.77. The molecule has 0 atom stereocenters. The summed E-state index contributed by atoms with van der Waals surface area (Å²) in [6.07, 6.45) is 1.46. The van der Waals surface area contributed by atoms with Crippen LogP contribution in [0.2, 0.25) is 0 Å². The molecule has 3 rings (SSSR count). The molecular weight excluding hydrogens is 400 g/mol. The van der Waals surface area contributed by atoms with E-state index < -0.39 is 0 Å². The molecule has 164 valence electrons. The van der Waals surface area contributed by atoms with E-state index in [4.69, 9.17) is 0 Å². The number of amides is 3. The van der Waals surface area contributed by atoms with E-state index in [0.717, 1.165) is 50.3 Å². The average molecular weight is 433 g/mol. The number of rotatable bonds is 6. The van der Waals surface area contributed by atoms with E-state index in [-0.39, 0.29) is 35.1 Å². The SMILES string of the molecule is Cc1cccc(NC(=O)CSCC(=O)N2CCC(C(=O)N3CCN(C)CC3)CC2)c1. The number of hydrogen-bond acceptors (Lipinski definition) is 5. The molecule has 7 nitrogen and oxygen atoms in total. The van der Waals surface area contributed by atoms with Crippen LogP contribution in [-0.2, 0) is 14.4 Å². The van der Waals surface area contributed by atoms with Gasteiger partial charge in [-0.15, -0.1) is 11.8 Å². The van der Waals surface area contributed by atoms with Crippen molar-refractivity contribution >= 4 is 35.2 Å². The lowest BCUT2D eigenvalue weighted by Crippen LogP contribution is -2.51. The number of likely N-dealkylation sites (N-methyl/N-ethyl adjacent to an activating group) is 1. The van der Waals surface area contributed by atoms with Crippen molar-refractivity contribution in [3.63, 3.8) is 0 Å². The predicted molar refractivity (Wildman–Crippen MR) is 121 cm³/mol. The van der Waals surface area contributed by atoms with Gasteiger partial charge in [-0.05, 0) is 44.5 Å². The number of carbonyl (C=O) groups is 3. The van der Waals surface area contributed by atoms with Crippen molar-refractivity contribution in [2.24, 2.45) is 5.92 Å². The second kappa shape index (κ2) is 10.8. The number of aryl methyl sites for hydroxylation is 1. The van der Waals surface area contributed by atoms with Gasteiger partial charge in [0.25, 0.3) is 0 Å². The molecule has 1 aromatic rings. The van der Waals surface area contributed by atoms with E-state index in [1.165, 1.54) is 11.8 Å². The van der Waals surface area contributed by atoms with Crippen LogP contribution < -0.4 is 5.32 Å². The van der Waals surface area contributed by atoms with Gasteiger partial charge in [0.15, 0.2) is 0 Å². The Morgan fingerprint density at radius 3 is 2.37 bits per heavy atom. The van der Waals surface area contributed by atoms with E-state index in [1.54, 1.807) is 0 Å². The summed E-state index contributed by atoms with van der Waals surface area (Å²) in [4.78, 5) is 43.3. The van der Waals surface area contributed by atoms with Gasteiger partial charge in [0.1, 0.15) is 0 Å². The number of piperazine rings is 1. The highest BCUT2D eigenvalue weighted by atomic mass is 32.2. The Bertz CT molecular complexity index is 757. The van der Waals surface area contributed by atoms with Crippen molar-refractivity contribution in [1.29, 1.82) is 0 Å². The summed E-state index contributed by atoms with van der Waals surface area (Å²) in [7, 11) is 2.08. The number of thioether (sulfide) groups is 1. The molecule has 2 aliphatic rings. The number of carbonyl (C=O) groups excluding carboxylic acids is 3. The fourth-order valence-electron chi connectivity index (χ4n) is 3.90. The number of benzene rings is 1. The lowest BCUT2D eigenvalue weighted by Gasteiger charge is -2.37. The van der Waals surface area contributed by atoms with Crippen LogP contribution in [0, 0.1) is 12.8 Å². The number of hydrogen-bond donors (Lipinski definition) is 1. The summed E-state index contributed by atoms with van der Waals surface area (Å²) in [5.41, 5.74) is 1.86. The Kier molecular flexibility index (Phi) is 8.16. The van der Waals surface area contributed by atoms with Gasteiger partial charge in [0, 0.05) is 50.9 Å². The molecule has 0 radical (unpaired) electrons. The molecule has 1 N–H and O–H groups in total. The summed E-state index contributed by atoms with van der Waals surface area (Å²) in [6, 6.07) is 7.65. The Morgan fingerprint density at radius 1 is 1.00 bits per heavy atom. The standard InChI is InChI=1S/C22H32N4O3S/c1-17-4-3-5-19(14-17)23-20(27)15-30-16-21(28)25-8-6-18(7-9-25)22(29)26-12-10-24(2)11-13-26/h3-5,14,18H,6-13,15-16H2,1-2H3,(H,23,27). The molecule has 1 aromatic carbocycles. The topological polar surface area (TPSA) is 73.0 Å². The maximum Gasteiger partial charge on any atom is 0.234 e. The van der Waals surface area contributed by atoms with Gasteiger partial charge < -0.3 is 20.0 Å². The minimum Gasteiger partial charge on any atom is -0.342 e. The molecule has 0 saturated carbocycles. The molecule has 30 heavy (non-hydrogen) atoms. The van der Waals surface area contributed by atoms with Crippen LogP contribution in [0.15, 0.2) is 24.3 Å². The second-order valence-corrected chi connectivity index (χ2v) is 9.18. The quantitative estimate of drug-likeness (QED) is 0.741. The first-order valence-corrected chi connectivity index (χ1v) is 11.8. The van der Waals surface area contributed by atoms with Gasteiger partial charge in [-0.2, -0.15) is 0 Å². The van der Waals surface area contributed by atoms with Crippen LogP contribution in [0.3, 0.4) is 0 Å². The molecule has 0 unspecified atom stereocenters. The van der Waals surface area contributed by atoms with Crippen LogP contribution in [0.4, 0.5) is 5.69 Å². The number of piperidine rings is 1. The molecular formula is C22H32N4O3S. The third-order valence-corrected chi connectivity index (χ3v) is 6.69. The van der Waals surface area contributed by atoms with Crippen molar-refractivity contribution in [2.75, 3.05) is 63.1 Å². The average Bonchev–Trinajstić information content (AvgIpc) is 2.74. The first kappa shape index (κ1) is 22.6. The van der Waals surface area contributed by atoms with Crippen LogP contribution in [0.25, 0.3) is 0 Å². The van der Waals surface area contributed by atoms with E-state index in [0.29, 0.717) is 13.1 Å². The normalized spacial score (nSPS) is 18.3. The van der Waals surface area contributed by atoms with E-state index in [9.17, 15) is 14.4 Å². The van der Waals surface area contributed by atoms with E-state index in [1.807, 2.05) is 41.0 Å². The summed E-state index contributed by atoms with van der Waals surface area (Å²) in [6.45, 7) is 6.68. The van der Waals surface area contributed by atoms with Gasteiger partial charge >= 0.3 is 0 Å². The minimum atomic E-state index is -0.102. The first-order valence-electron chi connectivity index (χ1n) is 10.6. The van der Waals surface area contributed by atoms with Gasteiger partial charge in [-0.25, -0.2) is 0 Å². The summed E-state index contributed by atoms with van der Waals surface area (Å²) in [5, 5.41) is 2.86. The molecule has 0 aliphatic carbocycles. The number of likely N-dealkylation sites (tertiary alicyclic amines) is 1. The van der Waals surface area contributed by atoms with Crippen LogP contribution >= 0.6 is 11.8 Å². The van der Waals surface area contributed by atoms with Gasteiger partial charge in [-0.3, -0.25) is 14.4 Å². The van der Waals surface area contributed by atoms with Gasteiger partial charge in [-0.1, -0.05) is 12.1 Å². The monoisotopic (exact) mass is 432 g/mol. The highest BCUT2D eigenvalue weighted by Crippen LogP contribution is 2.21. The molecule has 0 spiro atoms. The number of anilines is 1. The zero-order chi connectivity index (χ0) is 21.5. The van der Waals surface area contributed by atoms with Crippen LogP contribution in [0.1, 0.15) is 18.4 Å². The van der Waals surface area contributed by atoms with Crippen molar-refractivity contribution in [3.05, 3.63) is 29.8 Å². The largest absolute Gasteiger partial charge is 0.342 e. The van der Waals surface area contributed by atoms with Crippen molar-refractivity contribution in [2.45, 2.75) is 19.8 Å². The second-order valence-electron chi connectivity index (χ2n) is 8.19. The summed E-state index contributed by atoms with van der Waals surface area (Å²) in [5.74, 6) is 0.766. The Morgan fingerprint density at radius 2 is 1.70 bits per heavy atom. The third kappa shape index (κ3) is 6.47. The molecule has 0 bridgehead atoms. The zero-order valence-corrected chi connectivity index (χ0v) is 18.7. The molecule has 3 amide bonds. The fraction of sp³-hybridized carbons (Fsp3) is 0.591. The molecule has 0 aromatic heterocycles. The van der Waals surface area contributed by atoms with E-state index in [2.05, 4.69) is 17.3 Å². The zero-order valence-electron chi connectivity index (χ0n) is 17.9. The van der Waals surface area contributed by atoms with Crippen molar-refractivity contribution in [3.8, 4) is 0 Å². The highest BCUT2D eigenvalue weighted by Gasteiger charge is 2.31. The predicted octanol–water partition coefficient (Wildman–Crippen LogP) is 1.68.